The number of carbonyl (C=O) groups excluding carboxylic acids is 2. The number of likely N-dealkylation sites (tertiary alicyclic amines) is 1. The Balaban J connectivity index is 1.36. The molecule has 0 atom stereocenters. The van der Waals surface area contributed by atoms with Gasteiger partial charge in [0.15, 0.2) is 5.13 Å². The van der Waals surface area contributed by atoms with Gasteiger partial charge < -0.3 is 15.5 Å². The molecule has 4 rings (SSSR count). The van der Waals surface area contributed by atoms with Crippen LogP contribution in [0.25, 0.3) is 0 Å². The second-order valence-electron chi connectivity index (χ2n) is 8.62. The van der Waals surface area contributed by atoms with Crippen LogP contribution in [-0.2, 0) is 6.18 Å². The molecule has 1 saturated heterocycles. The Morgan fingerprint density at radius 2 is 1.87 bits per heavy atom. The van der Waals surface area contributed by atoms with E-state index >= 15 is 0 Å². The Labute approximate surface area is 221 Å². The van der Waals surface area contributed by atoms with Gasteiger partial charge in [0.2, 0.25) is 0 Å². The number of pyridine rings is 1. The minimum Gasteiger partial charge on any atom is -0.337 e. The van der Waals surface area contributed by atoms with E-state index in [2.05, 4.69) is 42.7 Å². The number of nitrogens with zero attached hydrogens (tertiary/aromatic N) is 3. The van der Waals surface area contributed by atoms with Crippen LogP contribution in [0.1, 0.15) is 44.8 Å². The Hall–Kier alpha value is -3.95. The topological polar surface area (TPSA) is 99.2 Å². The average Bonchev–Trinajstić information content (AvgIpc) is 3.55. The number of halogens is 3. The van der Waals surface area contributed by atoms with Crippen LogP contribution < -0.4 is 16.0 Å². The molecule has 0 aliphatic carbocycles. The number of nitrogens with one attached hydrogen (secondary N) is 3. The summed E-state index contributed by atoms with van der Waals surface area (Å²) in [5.41, 5.74) is 0.691. The van der Waals surface area contributed by atoms with Gasteiger partial charge in [-0.2, -0.15) is 13.2 Å². The average molecular weight is 543 g/mol. The Kier molecular flexibility index (Phi) is 8.60. The monoisotopic (exact) mass is 542 g/mol. The van der Waals surface area contributed by atoms with Gasteiger partial charge in [0.1, 0.15) is 5.82 Å². The van der Waals surface area contributed by atoms with Crippen LogP contribution in [0.3, 0.4) is 0 Å². The number of urea groups is 1. The molecule has 12 heteroatoms. The fourth-order valence-electron chi connectivity index (χ4n) is 3.76. The Morgan fingerprint density at radius 1 is 1.08 bits per heavy atom. The van der Waals surface area contributed by atoms with Crippen LogP contribution in [0.2, 0.25) is 0 Å². The van der Waals surface area contributed by atoms with Crippen LogP contribution in [0, 0.1) is 18.8 Å². The number of aryl methyl sites for hydroxylation is 1. The summed E-state index contributed by atoms with van der Waals surface area (Å²) in [4.78, 5) is 35.6. The highest BCUT2D eigenvalue weighted by molar-refractivity contribution is 7.16. The van der Waals surface area contributed by atoms with Crippen molar-refractivity contribution in [3.63, 3.8) is 0 Å². The molecule has 3 amide bonds. The fourth-order valence-corrected chi connectivity index (χ4v) is 4.42. The molecule has 2 aromatic heterocycles. The van der Waals surface area contributed by atoms with E-state index in [1.165, 1.54) is 24.2 Å². The lowest BCUT2D eigenvalue weighted by atomic mass is 10.0. The third-order valence-electron chi connectivity index (χ3n) is 5.79. The van der Waals surface area contributed by atoms with Gasteiger partial charge in [0.05, 0.1) is 16.6 Å². The predicted molar refractivity (Wildman–Crippen MR) is 139 cm³/mol. The second-order valence-corrected chi connectivity index (χ2v) is 9.65. The van der Waals surface area contributed by atoms with Crippen LogP contribution in [0.5, 0.6) is 0 Å². The van der Waals surface area contributed by atoms with Gasteiger partial charge in [-0.15, -0.1) is 0 Å². The summed E-state index contributed by atoms with van der Waals surface area (Å²) < 4.78 is 38.8. The number of rotatable bonds is 6. The maximum absolute atomic E-state index is 12.9. The highest BCUT2D eigenvalue weighted by Gasteiger charge is 2.30. The minimum absolute atomic E-state index is 0.206. The van der Waals surface area contributed by atoms with E-state index in [0.29, 0.717) is 22.1 Å². The molecule has 1 fully saturated rings. The second kappa shape index (κ2) is 12.1. The largest absolute Gasteiger partial charge is 0.416 e. The predicted octanol–water partition coefficient (Wildman–Crippen LogP) is 4.73. The molecule has 0 radical (unpaired) electrons. The number of carbonyl (C=O) groups is 2. The first kappa shape index (κ1) is 27.1. The van der Waals surface area contributed by atoms with Crippen molar-refractivity contribution >= 4 is 34.2 Å². The molecule has 8 nitrogen and oxygen atoms in total. The SMILES string of the molecule is Cc1ccc(C(=O)Nc2cc(C(F)(F)F)ccn2)cc1C#Cc1cnc(NC(=O)NCCN2CCCC2)s1. The smallest absolute Gasteiger partial charge is 0.337 e. The summed E-state index contributed by atoms with van der Waals surface area (Å²) in [6, 6.07) is 6.08. The van der Waals surface area contributed by atoms with Gasteiger partial charge in [-0.1, -0.05) is 23.3 Å². The lowest BCUT2D eigenvalue weighted by Gasteiger charge is -2.14. The third kappa shape index (κ3) is 7.53. The van der Waals surface area contributed by atoms with E-state index in [-0.39, 0.29) is 17.4 Å². The molecule has 3 heterocycles. The molecule has 3 aromatic rings. The van der Waals surface area contributed by atoms with E-state index in [0.717, 1.165) is 43.5 Å². The normalized spacial score (nSPS) is 13.5. The lowest BCUT2D eigenvalue weighted by molar-refractivity contribution is -0.137. The zero-order valence-electron chi connectivity index (χ0n) is 20.5. The molecule has 0 unspecified atom stereocenters. The van der Waals surface area contributed by atoms with Gasteiger partial charge in [0, 0.05) is 30.4 Å². The van der Waals surface area contributed by atoms with Crippen molar-refractivity contribution in [2.75, 3.05) is 36.8 Å². The van der Waals surface area contributed by atoms with Crippen LogP contribution in [0.15, 0.2) is 42.7 Å². The summed E-state index contributed by atoms with van der Waals surface area (Å²) >= 11 is 1.21. The van der Waals surface area contributed by atoms with E-state index in [4.69, 9.17) is 0 Å². The van der Waals surface area contributed by atoms with Crippen LogP contribution in [0.4, 0.5) is 28.9 Å². The van der Waals surface area contributed by atoms with Crippen molar-refractivity contribution in [3.05, 3.63) is 69.9 Å². The molecule has 1 aliphatic rings. The van der Waals surface area contributed by atoms with E-state index < -0.39 is 17.6 Å². The van der Waals surface area contributed by atoms with Crippen molar-refractivity contribution in [1.82, 2.24) is 20.2 Å². The molecular weight excluding hydrogens is 517 g/mol. The van der Waals surface area contributed by atoms with Crippen LogP contribution >= 0.6 is 11.3 Å². The molecule has 0 spiro atoms. The molecule has 198 valence electrons. The standard InChI is InChI=1S/C26H25F3N6O2S/c1-17-4-5-19(23(36)33-22-15-20(8-9-30-22)26(27,28)29)14-18(17)6-7-21-16-32-25(38-21)34-24(37)31-10-13-35-11-2-3-12-35/h4-5,8-9,14-16H,2-3,10-13H2,1H3,(H,30,33,36)(H2,31,32,34,37). The first-order valence-corrected chi connectivity index (χ1v) is 12.7. The number of alkyl halides is 3. The van der Waals surface area contributed by atoms with Crippen molar-refractivity contribution in [2.24, 2.45) is 0 Å². The maximum atomic E-state index is 12.9. The van der Waals surface area contributed by atoms with Gasteiger partial charge in [-0.05, 0) is 68.6 Å². The van der Waals surface area contributed by atoms with E-state index in [9.17, 15) is 22.8 Å². The highest BCUT2D eigenvalue weighted by Crippen LogP contribution is 2.30. The number of hydrogen-bond acceptors (Lipinski definition) is 6. The summed E-state index contributed by atoms with van der Waals surface area (Å²) in [7, 11) is 0. The maximum Gasteiger partial charge on any atom is 0.416 e. The zero-order chi connectivity index (χ0) is 27.1. The number of benzene rings is 1. The van der Waals surface area contributed by atoms with Crippen molar-refractivity contribution in [3.8, 4) is 11.8 Å². The van der Waals surface area contributed by atoms with Gasteiger partial charge in [0.25, 0.3) is 5.91 Å². The summed E-state index contributed by atoms with van der Waals surface area (Å²) in [6.07, 6.45) is 0.384. The number of amides is 3. The quantitative estimate of drug-likeness (QED) is 0.391. The number of thiazole rings is 1. The van der Waals surface area contributed by atoms with Gasteiger partial charge >= 0.3 is 12.2 Å². The summed E-state index contributed by atoms with van der Waals surface area (Å²) in [5, 5.41) is 8.31. The van der Waals surface area contributed by atoms with Gasteiger partial charge in [-0.25, -0.2) is 14.8 Å². The first-order valence-electron chi connectivity index (χ1n) is 11.9. The first-order chi connectivity index (χ1) is 18.2. The highest BCUT2D eigenvalue weighted by atomic mass is 32.1. The van der Waals surface area contributed by atoms with Crippen molar-refractivity contribution in [2.45, 2.75) is 25.9 Å². The molecule has 0 saturated carbocycles. The number of hydrogen-bond donors (Lipinski definition) is 3. The Morgan fingerprint density at radius 3 is 2.63 bits per heavy atom. The van der Waals surface area contributed by atoms with E-state index in [1.54, 1.807) is 24.4 Å². The fraction of sp³-hybridized carbons (Fsp3) is 0.308. The van der Waals surface area contributed by atoms with Crippen molar-refractivity contribution in [1.29, 1.82) is 0 Å². The minimum atomic E-state index is -4.54. The van der Waals surface area contributed by atoms with E-state index in [1.807, 2.05) is 6.92 Å². The summed E-state index contributed by atoms with van der Waals surface area (Å²) in [6.45, 7) is 5.33. The molecule has 1 aliphatic heterocycles. The molecular formula is C26H25F3N6O2S. The Bertz CT molecular complexity index is 1370. The lowest BCUT2D eigenvalue weighted by Crippen LogP contribution is -2.35. The molecule has 1 aromatic carbocycles. The zero-order valence-corrected chi connectivity index (χ0v) is 21.3. The summed E-state index contributed by atoms with van der Waals surface area (Å²) in [5.74, 6) is 5.15. The van der Waals surface area contributed by atoms with Crippen LogP contribution in [-0.4, -0.2) is 53.0 Å². The van der Waals surface area contributed by atoms with Gasteiger partial charge in [-0.3, -0.25) is 10.1 Å². The number of aromatic nitrogens is 2. The molecule has 38 heavy (non-hydrogen) atoms. The molecule has 3 N–H and O–H groups in total. The molecule has 0 bridgehead atoms. The van der Waals surface area contributed by atoms with Crippen molar-refractivity contribution < 1.29 is 22.8 Å². The third-order valence-corrected chi connectivity index (χ3v) is 6.62. The number of anilines is 2.